The molecule has 0 bridgehead atoms. The Morgan fingerprint density at radius 1 is 1.42 bits per heavy atom. The van der Waals surface area contributed by atoms with Gasteiger partial charge in [0.15, 0.2) is 17.9 Å². The number of benzene rings is 1. The van der Waals surface area contributed by atoms with Crippen molar-refractivity contribution < 1.29 is 13.6 Å². The number of carbonyl (C=O) groups is 1. The predicted molar refractivity (Wildman–Crippen MR) is 41.5 cm³/mol. The molecule has 4 heteroatoms. The van der Waals surface area contributed by atoms with Crippen molar-refractivity contribution in [2.45, 2.75) is 6.92 Å². The van der Waals surface area contributed by atoms with Gasteiger partial charge in [-0.2, -0.15) is 0 Å². The van der Waals surface area contributed by atoms with Gasteiger partial charge in [0.05, 0.1) is 5.56 Å². The van der Waals surface area contributed by atoms with Crippen LogP contribution in [0.5, 0.6) is 0 Å². The van der Waals surface area contributed by atoms with Crippen molar-refractivity contribution in [1.82, 2.24) is 0 Å². The first-order valence-corrected chi connectivity index (χ1v) is 3.55. The molecule has 0 aliphatic heterocycles. The van der Waals surface area contributed by atoms with Gasteiger partial charge in [0.1, 0.15) is 0 Å². The summed E-state index contributed by atoms with van der Waals surface area (Å²) in [7, 11) is 0. The molecule has 12 heavy (non-hydrogen) atoms. The van der Waals surface area contributed by atoms with E-state index in [2.05, 4.69) is 0 Å². The molecule has 1 aromatic rings. The number of aldehydes is 1. The fraction of sp³-hybridized carbons (Fsp3) is 0.125. The topological polar surface area (TPSA) is 17.1 Å². The van der Waals surface area contributed by atoms with Gasteiger partial charge in [-0.3, -0.25) is 4.79 Å². The van der Waals surface area contributed by atoms with Crippen LogP contribution in [0.1, 0.15) is 15.9 Å². The number of halogens is 3. The highest BCUT2D eigenvalue weighted by molar-refractivity contribution is 6.31. The Hall–Kier alpha value is -0.960. The highest BCUT2D eigenvalue weighted by atomic mass is 35.5. The van der Waals surface area contributed by atoms with Crippen molar-refractivity contribution >= 4 is 17.9 Å². The minimum atomic E-state index is -1.15. The molecule has 0 saturated carbocycles. The molecule has 0 N–H and O–H groups in total. The standard InChI is InChI=1S/C8H5ClF2O/c1-4-6(9)2-5(3-12)8(11)7(4)10/h2-3H,1H3. The lowest BCUT2D eigenvalue weighted by atomic mass is 10.1. The average Bonchev–Trinajstić information content (AvgIpc) is 2.08. The molecule has 0 heterocycles. The van der Waals surface area contributed by atoms with E-state index in [1.54, 1.807) is 0 Å². The Kier molecular flexibility index (Phi) is 2.43. The highest BCUT2D eigenvalue weighted by Gasteiger charge is 2.13. The van der Waals surface area contributed by atoms with Gasteiger partial charge >= 0.3 is 0 Å². The van der Waals surface area contributed by atoms with E-state index < -0.39 is 11.6 Å². The van der Waals surface area contributed by atoms with Gasteiger partial charge in [-0.05, 0) is 13.0 Å². The molecule has 0 unspecified atom stereocenters. The first-order chi connectivity index (χ1) is 5.57. The minimum absolute atomic E-state index is 0.0137. The van der Waals surface area contributed by atoms with E-state index in [0.29, 0.717) is 0 Å². The van der Waals surface area contributed by atoms with Gasteiger partial charge in [-0.25, -0.2) is 8.78 Å². The fourth-order valence-electron chi connectivity index (χ4n) is 0.790. The third kappa shape index (κ3) is 1.32. The Morgan fingerprint density at radius 3 is 2.50 bits per heavy atom. The van der Waals surface area contributed by atoms with Crippen molar-refractivity contribution in [3.05, 3.63) is 33.9 Å². The van der Waals surface area contributed by atoms with Gasteiger partial charge in [0.2, 0.25) is 0 Å². The van der Waals surface area contributed by atoms with Gasteiger partial charge in [0, 0.05) is 10.6 Å². The van der Waals surface area contributed by atoms with E-state index in [0.717, 1.165) is 6.07 Å². The van der Waals surface area contributed by atoms with Crippen LogP contribution >= 0.6 is 11.6 Å². The molecule has 0 saturated heterocycles. The Balaban J connectivity index is 3.49. The third-order valence-corrected chi connectivity index (χ3v) is 1.94. The van der Waals surface area contributed by atoms with E-state index in [9.17, 15) is 13.6 Å². The molecule has 1 rings (SSSR count). The molecule has 0 spiro atoms. The number of hydrogen-bond donors (Lipinski definition) is 0. The van der Waals surface area contributed by atoms with Crippen molar-refractivity contribution in [3.63, 3.8) is 0 Å². The second-order valence-electron chi connectivity index (χ2n) is 2.32. The van der Waals surface area contributed by atoms with Crippen LogP contribution in [0.2, 0.25) is 5.02 Å². The molecule has 0 amide bonds. The number of carbonyl (C=O) groups excluding carboxylic acids is 1. The van der Waals surface area contributed by atoms with Crippen LogP contribution in [-0.4, -0.2) is 6.29 Å². The van der Waals surface area contributed by atoms with Gasteiger partial charge in [-0.15, -0.1) is 0 Å². The molecule has 1 aromatic carbocycles. The predicted octanol–water partition coefficient (Wildman–Crippen LogP) is 2.74. The van der Waals surface area contributed by atoms with E-state index >= 15 is 0 Å². The third-order valence-electron chi connectivity index (χ3n) is 1.54. The minimum Gasteiger partial charge on any atom is -0.298 e. The monoisotopic (exact) mass is 190 g/mol. The summed E-state index contributed by atoms with van der Waals surface area (Å²) in [5.74, 6) is -2.21. The molecule has 0 aliphatic rings. The van der Waals surface area contributed by atoms with Crippen LogP contribution in [0.25, 0.3) is 0 Å². The van der Waals surface area contributed by atoms with Gasteiger partial charge in [0.25, 0.3) is 0 Å². The number of hydrogen-bond acceptors (Lipinski definition) is 1. The maximum absolute atomic E-state index is 12.8. The maximum Gasteiger partial charge on any atom is 0.169 e. The second-order valence-corrected chi connectivity index (χ2v) is 2.73. The van der Waals surface area contributed by atoms with Crippen molar-refractivity contribution in [1.29, 1.82) is 0 Å². The molecule has 64 valence electrons. The first kappa shape index (κ1) is 9.13. The van der Waals surface area contributed by atoms with Gasteiger partial charge in [-0.1, -0.05) is 11.6 Å². The maximum atomic E-state index is 12.8. The van der Waals surface area contributed by atoms with Crippen LogP contribution in [0.4, 0.5) is 8.78 Å². The molecule has 0 aliphatic carbocycles. The summed E-state index contributed by atoms with van der Waals surface area (Å²) in [6.45, 7) is 1.34. The molecular formula is C8H5ClF2O. The molecule has 0 aromatic heterocycles. The van der Waals surface area contributed by atoms with Crippen LogP contribution in [0.3, 0.4) is 0 Å². The van der Waals surface area contributed by atoms with E-state index in [-0.39, 0.29) is 22.4 Å². The SMILES string of the molecule is Cc1c(Cl)cc(C=O)c(F)c1F. The van der Waals surface area contributed by atoms with Crippen LogP contribution in [0.15, 0.2) is 6.07 Å². The van der Waals surface area contributed by atoms with Crippen molar-refractivity contribution in [3.8, 4) is 0 Å². The second kappa shape index (κ2) is 3.19. The Labute approximate surface area is 73.0 Å². The summed E-state index contributed by atoms with van der Waals surface area (Å²) in [5, 5.41) is 0.0519. The smallest absolute Gasteiger partial charge is 0.169 e. The zero-order valence-electron chi connectivity index (χ0n) is 6.20. The van der Waals surface area contributed by atoms with Crippen molar-refractivity contribution in [2.75, 3.05) is 0 Å². The molecule has 0 radical (unpaired) electrons. The summed E-state index contributed by atoms with van der Waals surface area (Å²) in [6, 6.07) is 1.10. The molecular weight excluding hydrogens is 186 g/mol. The van der Waals surface area contributed by atoms with Crippen LogP contribution in [0, 0.1) is 18.6 Å². The van der Waals surface area contributed by atoms with E-state index in [1.165, 1.54) is 6.92 Å². The summed E-state index contributed by atoms with van der Waals surface area (Å²) in [5.41, 5.74) is -0.345. The Bertz CT molecular complexity index is 336. The van der Waals surface area contributed by atoms with E-state index in [1.807, 2.05) is 0 Å². The lowest BCUT2D eigenvalue weighted by molar-refractivity contribution is 0.111. The van der Waals surface area contributed by atoms with E-state index in [4.69, 9.17) is 11.6 Å². The summed E-state index contributed by atoms with van der Waals surface area (Å²) >= 11 is 5.50. The quantitative estimate of drug-likeness (QED) is 0.492. The summed E-state index contributed by atoms with van der Waals surface area (Å²) in [4.78, 5) is 10.2. The zero-order chi connectivity index (χ0) is 9.30. The van der Waals surface area contributed by atoms with Gasteiger partial charge < -0.3 is 0 Å². The normalized spacial score (nSPS) is 10.0. The first-order valence-electron chi connectivity index (χ1n) is 3.17. The lowest BCUT2D eigenvalue weighted by Crippen LogP contribution is -1.96. The molecule has 0 fully saturated rings. The fourth-order valence-corrected chi connectivity index (χ4v) is 0.991. The zero-order valence-corrected chi connectivity index (χ0v) is 6.95. The largest absolute Gasteiger partial charge is 0.298 e. The van der Waals surface area contributed by atoms with Crippen LogP contribution in [-0.2, 0) is 0 Å². The number of rotatable bonds is 1. The Morgan fingerprint density at radius 2 is 2.00 bits per heavy atom. The van der Waals surface area contributed by atoms with Crippen LogP contribution < -0.4 is 0 Å². The average molecular weight is 191 g/mol. The molecule has 1 nitrogen and oxygen atoms in total. The highest BCUT2D eigenvalue weighted by Crippen LogP contribution is 2.22. The summed E-state index contributed by atoms with van der Waals surface area (Å²) in [6.07, 6.45) is 0.226. The molecule has 0 atom stereocenters. The lowest BCUT2D eigenvalue weighted by Gasteiger charge is -2.02. The van der Waals surface area contributed by atoms with Crippen molar-refractivity contribution in [2.24, 2.45) is 0 Å². The summed E-state index contributed by atoms with van der Waals surface area (Å²) < 4.78 is 25.6.